The maximum absolute atomic E-state index is 11.0. The van der Waals surface area contributed by atoms with Crippen molar-refractivity contribution in [3.8, 4) is 0 Å². The molecule has 0 aromatic carbocycles. The van der Waals surface area contributed by atoms with Gasteiger partial charge >= 0.3 is 0 Å². The van der Waals surface area contributed by atoms with E-state index in [2.05, 4.69) is 99.1 Å². The van der Waals surface area contributed by atoms with Crippen molar-refractivity contribution in [2.75, 3.05) is 56.3 Å². The molecule has 0 aromatic heterocycles. The number of hydrogen-bond donors (Lipinski definition) is 0. The lowest BCUT2D eigenvalue weighted by atomic mass is 10.3. The Morgan fingerprint density at radius 1 is 0.558 bits per heavy atom. The highest BCUT2D eigenvalue weighted by Crippen LogP contribution is 2.62. The van der Waals surface area contributed by atoms with Crippen LogP contribution in [-0.2, 0) is 13.6 Å². The van der Waals surface area contributed by atoms with Crippen molar-refractivity contribution >= 4 is 23.0 Å². The first-order valence-electron chi connectivity index (χ1n) is 18.0. The van der Waals surface area contributed by atoms with E-state index in [0.717, 1.165) is 61.2 Å². The van der Waals surface area contributed by atoms with Crippen molar-refractivity contribution in [1.82, 2.24) is 0 Å². The van der Waals surface area contributed by atoms with Crippen LogP contribution in [0, 0.1) is 35.5 Å². The van der Waals surface area contributed by atoms with Gasteiger partial charge in [0.2, 0.25) is 0 Å². The first-order valence-corrected chi connectivity index (χ1v) is 23.9. The van der Waals surface area contributed by atoms with Crippen LogP contribution in [0.25, 0.3) is 0 Å². The van der Waals surface area contributed by atoms with E-state index in [1.807, 2.05) is 13.8 Å². The van der Waals surface area contributed by atoms with Gasteiger partial charge in [0, 0.05) is 7.26 Å². The molecule has 0 aromatic rings. The summed E-state index contributed by atoms with van der Waals surface area (Å²) in [5, 5.41) is 0. The molecule has 0 heterocycles. The van der Waals surface area contributed by atoms with Crippen LogP contribution in [0.4, 0.5) is 0 Å². The van der Waals surface area contributed by atoms with Crippen LogP contribution in [0.2, 0.25) is 0 Å². The zero-order chi connectivity index (χ0) is 34.1. The van der Waals surface area contributed by atoms with Gasteiger partial charge in [-0.2, -0.15) is 0 Å². The Bertz CT molecular complexity index is 572. The molecule has 7 heteroatoms. The molecule has 0 amide bonds. The normalized spacial score (nSPS) is 12.5. The fourth-order valence-corrected chi connectivity index (χ4v) is 16.7. The highest BCUT2D eigenvalue weighted by molar-refractivity contribution is 7.75. The number of phosphoric ester groups is 1. The second-order valence-corrected chi connectivity index (χ2v) is 23.4. The van der Waals surface area contributed by atoms with Crippen LogP contribution >= 0.6 is 23.0 Å². The van der Waals surface area contributed by atoms with E-state index in [9.17, 15) is 9.46 Å². The molecule has 0 bridgehead atoms. The quantitative estimate of drug-likeness (QED) is 0.0802. The van der Waals surface area contributed by atoms with Crippen molar-refractivity contribution in [3.63, 3.8) is 0 Å². The van der Waals surface area contributed by atoms with E-state index in [-0.39, 0.29) is 13.2 Å². The smallest absolute Gasteiger partial charge is 0.267 e. The fourth-order valence-electron chi connectivity index (χ4n) is 5.77. The summed E-state index contributed by atoms with van der Waals surface area (Å²) in [6, 6.07) is 0. The molecule has 0 unspecified atom stereocenters. The van der Waals surface area contributed by atoms with Crippen molar-refractivity contribution in [2.24, 2.45) is 35.5 Å². The van der Waals surface area contributed by atoms with Gasteiger partial charge in [0.25, 0.3) is 7.82 Å². The molecule has 0 saturated heterocycles. The lowest BCUT2D eigenvalue weighted by Gasteiger charge is -2.32. The Kier molecular flexibility index (Phi) is 32.8. The predicted octanol–water partition coefficient (Wildman–Crippen LogP) is 12.3. The average molecular weight is 671 g/mol. The van der Waals surface area contributed by atoms with E-state index in [0.29, 0.717) is 7.92 Å². The molecule has 264 valence electrons. The Balaban J connectivity index is -0.000000566. The highest BCUT2D eigenvalue weighted by Gasteiger charge is 2.38. The van der Waals surface area contributed by atoms with E-state index in [4.69, 9.17) is 0 Å². The van der Waals surface area contributed by atoms with E-state index >= 15 is 0 Å². The van der Waals surface area contributed by atoms with Gasteiger partial charge in [0.15, 0.2) is 0 Å². The summed E-state index contributed by atoms with van der Waals surface area (Å²) in [6.45, 7) is 35.4. The first kappa shape index (κ1) is 48.4. The molecule has 43 heavy (non-hydrogen) atoms. The van der Waals surface area contributed by atoms with Gasteiger partial charge in [-0.05, 0) is 73.3 Å². The Hall–Kier alpha value is 0.970. The minimum atomic E-state index is -4.00. The van der Waals surface area contributed by atoms with Crippen molar-refractivity contribution in [2.45, 2.75) is 142 Å². The molecule has 0 aliphatic heterocycles. The average Bonchev–Trinajstić information content (AvgIpc) is 2.81. The van der Waals surface area contributed by atoms with Crippen LogP contribution < -0.4 is 4.89 Å². The minimum Gasteiger partial charge on any atom is -0.756 e. The lowest BCUT2D eigenvalue weighted by Crippen LogP contribution is -2.20. The highest BCUT2D eigenvalue weighted by atomic mass is 31.2. The van der Waals surface area contributed by atoms with Crippen molar-refractivity contribution in [1.29, 1.82) is 0 Å². The molecule has 0 N–H and O–H groups in total. The SMILES string of the molecule is CC(C)CP(CC(C)C)CC(C)C.CCCCOP(=O)([O-])OCCCC.CCCC[P+](CC(C)C)(CC(C)C)CC(C)C. The van der Waals surface area contributed by atoms with Crippen molar-refractivity contribution in [3.05, 3.63) is 0 Å². The Morgan fingerprint density at radius 3 is 1.09 bits per heavy atom. The van der Waals surface area contributed by atoms with Gasteiger partial charge in [-0.25, -0.2) is 0 Å². The second kappa shape index (κ2) is 29.1. The molecule has 0 radical (unpaired) electrons. The summed E-state index contributed by atoms with van der Waals surface area (Å²) in [7, 11) is -4.36. The van der Waals surface area contributed by atoms with E-state index in [1.54, 1.807) is 6.16 Å². The summed E-state index contributed by atoms with van der Waals surface area (Å²) < 4.78 is 20.2. The molecule has 0 aliphatic carbocycles. The van der Waals surface area contributed by atoms with Gasteiger partial charge < -0.3 is 13.9 Å². The van der Waals surface area contributed by atoms with E-state index in [1.165, 1.54) is 49.8 Å². The van der Waals surface area contributed by atoms with Gasteiger partial charge in [0.1, 0.15) is 0 Å². The van der Waals surface area contributed by atoms with Crippen LogP contribution in [0.5, 0.6) is 0 Å². The van der Waals surface area contributed by atoms with Gasteiger partial charge in [-0.15, -0.1) is 7.92 Å². The molecule has 0 saturated carbocycles. The predicted molar refractivity (Wildman–Crippen MR) is 201 cm³/mol. The minimum absolute atomic E-state index is 0.226. The summed E-state index contributed by atoms with van der Waals surface area (Å²) in [6.07, 6.45) is 16.7. The number of rotatable bonds is 23. The molecular formula is C36H81O4P3. The van der Waals surface area contributed by atoms with Crippen LogP contribution in [-0.4, -0.2) is 56.3 Å². The molecule has 0 spiro atoms. The standard InChI is InChI=1S/C16H36P.C12H27P.C8H19O4P/c1-8-9-10-17(11-14(2)3,12-15(4)5)13-16(6)7;1-10(2)7-13(8-11(3)4)9-12(5)6;1-3-5-7-11-13(9,10)12-8-6-4-2/h14-16H,8-13H2,1-7H3;10-12H,7-9H2,1-6H3;3-8H2,1-2H3,(H,9,10)/q+1;;/p-1. The fraction of sp³-hybridized carbons (Fsp3) is 1.00. The maximum atomic E-state index is 11.0. The molecule has 0 rings (SSSR count). The lowest BCUT2D eigenvalue weighted by molar-refractivity contribution is -0.225. The van der Waals surface area contributed by atoms with Crippen LogP contribution in [0.1, 0.15) is 142 Å². The largest absolute Gasteiger partial charge is 0.756 e. The van der Waals surface area contributed by atoms with Gasteiger partial charge in [-0.1, -0.05) is 123 Å². The maximum Gasteiger partial charge on any atom is 0.267 e. The Morgan fingerprint density at radius 2 is 0.860 bits per heavy atom. The summed E-state index contributed by atoms with van der Waals surface area (Å²) >= 11 is 0. The topological polar surface area (TPSA) is 58.6 Å². The van der Waals surface area contributed by atoms with Crippen LogP contribution in [0.15, 0.2) is 0 Å². The second-order valence-electron chi connectivity index (χ2n) is 15.4. The monoisotopic (exact) mass is 671 g/mol. The zero-order valence-corrected chi connectivity index (χ0v) is 34.7. The van der Waals surface area contributed by atoms with E-state index < -0.39 is 15.1 Å². The molecule has 4 nitrogen and oxygen atoms in total. The number of unbranched alkanes of at least 4 members (excludes halogenated alkanes) is 3. The first-order chi connectivity index (χ1) is 19.8. The van der Waals surface area contributed by atoms with Gasteiger partial charge in [0.05, 0.1) is 37.9 Å². The number of phosphoric acid groups is 1. The number of hydrogen-bond acceptors (Lipinski definition) is 4. The third kappa shape index (κ3) is 35.7. The molecule has 0 aliphatic rings. The molecule has 0 atom stereocenters. The summed E-state index contributed by atoms with van der Waals surface area (Å²) in [5.41, 5.74) is 0. The summed E-state index contributed by atoms with van der Waals surface area (Å²) in [4.78, 5) is 11.0. The summed E-state index contributed by atoms with van der Waals surface area (Å²) in [5.74, 6) is 5.34. The third-order valence-corrected chi connectivity index (χ3v) is 17.1. The van der Waals surface area contributed by atoms with Crippen LogP contribution in [0.3, 0.4) is 0 Å². The van der Waals surface area contributed by atoms with Gasteiger partial charge in [-0.3, -0.25) is 4.57 Å². The molecule has 0 fully saturated rings. The molecular weight excluding hydrogens is 589 g/mol. The zero-order valence-electron chi connectivity index (χ0n) is 32.0. The Labute approximate surface area is 275 Å². The van der Waals surface area contributed by atoms with Crippen molar-refractivity contribution < 1.29 is 18.5 Å². The third-order valence-electron chi connectivity index (χ3n) is 6.61.